The van der Waals surface area contributed by atoms with Gasteiger partial charge in [-0.05, 0) is 36.1 Å². The highest BCUT2D eigenvalue weighted by atomic mass is 35.5. The van der Waals surface area contributed by atoms with Gasteiger partial charge in [-0.2, -0.15) is 8.78 Å². The van der Waals surface area contributed by atoms with Crippen LogP contribution in [0.4, 0.5) is 13.2 Å². The molecule has 0 bridgehead atoms. The molecule has 6 heteroatoms. The van der Waals surface area contributed by atoms with Crippen LogP contribution in [0.15, 0.2) is 96.1 Å². The standard InChI is InChI=1S/C22H21ClF3OP/c1-3-11-20(17(4-2)16-21(24)22(23,25)26)28(27,18-12-7-5-8-13-18)19-14-9-6-10-15-19/h3,5-10,12-16H,1,4,11H2,2H3/b20-17-,21-16-. The second-order valence-corrected chi connectivity index (χ2v) is 9.35. The number of hydrogen-bond donors (Lipinski definition) is 0. The van der Waals surface area contributed by atoms with Crippen LogP contribution in [-0.4, -0.2) is 5.38 Å². The third-order valence-corrected chi connectivity index (χ3v) is 7.74. The Kier molecular flexibility index (Phi) is 7.51. The molecule has 148 valence electrons. The maximum Gasteiger partial charge on any atom is 0.373 e. The number of alkyl halides is 3. The molecule has 1 nitrogen and oxygen atoms in total. The zero-order chi connectivity index (χ0) is 20.8. The number of benzene rings is 2. The van der Waals surface area contributed by atoms with Crippen molar-refractivity contribution in [2.75, 3.05) is 0 Å². The Morgan fingerprint density at radius 2 is 1.54 bits per heavy atom. The van der Waals surface area contributed by atoms with Gasteiger partial charge in [-0.15, -0.1) is 6.58 Å². The summed E-state index contributed by atoms with van der Waals surface area (Å²) in [6, 6.07) is 17.5. The van der Waals surface area contributed by atoms with Crippen molar-refractivity contribution in [2.24, 2.45) is 0 Å². The van der Waals surface area contributed by atoms with E-state index in [4.69, 9.17) is 11.6 Å². The first-order valence-corrected chi connectivity index (χ1v) is 10.8. The molecule has 2 aromatic rings. The quantitative estimate of drug-likeness (QED) is 0.194. The van der Waals surface area contributed by atoms with Gasteiger partial charge in [-0.1, -0.05) is 73.7 Å². The second kappa shape index (κ2) is 9.45. The van der Waals surface area contributed by atoms with Gasteiger partial charge in [0.25, 0.3) is 0 Å². The van der Waals surface area contributed by atoms with E-state index >= 15 is 0 Å². The topological polar surface area (TPSA) is 17.1 Å². The molecule has 0 N–H and O–H groups in total. The number of halogens is 4. The predicted molar refractivity (Wildman–Crippen MR) is 112 cm³/mol. The van der Waals surface area contributed by atoms with E-state index in [1.807, 2.05) is 0 Å². The van der Waals surface area contributed by atoms with Crippen LogP contribution >= 0.6 is 18.7 Å². The van der Waals surface area contributed by atoms with Crippen molar-refractivity contribution in [1.82, 2.24) is 0 Å². The molecule has 28 heavy (non-hydrogen) atoms. The van der Waals surface area contributed by atoms with Crippen LogP contribution < -0.4 is 10.6 Å². The fraction of sp³-hybridized carbons (Fsp3) is 0.182. The Morgan fingerprint density at radius 1 is 1.07 bits per heavy atom. The zero-order valence-electron chi connectivity index (χ0n) is 15.4. The molecule has 0 radical (unpaired) electrons. The number of rotatable bonds is 8. The lowest BCUT2D eigenvalue weighted by molar-refractivity contribution is 0.110. The number of hydrogen-bond acceptors (Lipinski definition) is 1. The third-order valence-electron chi connectivity index (χ3n) is 4.28. The molecule has 2 rings (SSSR count). The molecule has 2 aromatic carbocycles. The van der Waals surface area contributed by atoms with Crippen molar-refractivity contribution in [3.05, 3.63) is 96.1 Å². The Morgan fingerprint density at radius 3 is 1.89 bits per heavy atom. The lowest BCUT2D eigenvalue weighted by Gasteiger charge is -2.24. The molecule has 0 aliphatic carbocycles. The smallest absolute Gasteiger partial charge is 0.309 e. The Hall–Kier alpha value is -2.03. The average molecular weight is 425 g/mol. The molecule has 0 fully saturated rings. The second-order valence-electron chi connectivity index (χ2n) is 6.09. The van der Waals surface area contributed by atoms with E-state index in [-0.39, 0.29) is 18.4 Å². The van der Waals surface area contributed by atoms with E-state index in [1.165, 1.54) is 6.08 Å². The monoisotopic (exact) mass is 424 g/mol. The SMILES string of the molecule is C=CC/C(=C(/C=C(\F)C(F)(F)Cl)CC)P(=O)(c1ccccc1)c1ccccc1. The first-order valence-electron chi connectivity index (χ1n) is 8.74. The molecule has 0 aliphatic heterocycles. The van der Waals surface area contributed by atoms with Crippen molar-refractivity contribution in [3.63, 3.8) is 0 Å². The van der Waals surface area contributed by atoms with Gasteiger partial charge in [0.05, 0.1) is 0 Å². The van der Waals surface area contributed by atoms with E-state index in [1.54, 1.807) is 67.6 Å². The third kappa shape index (κ3) is 4.87. The van der Waals surface area contributed by atoms with Crippen molar-refractivity contribution in [1.29, 1.82) is 0 Å². The molecular weight excluding hydrogens is 404 g/mol. The minimum atomic E-state index is -4.12. The van der Waals surface area contributed by atoms with Crippen LogP contribution in [0.25, 0.3) is 0 Å². The van der Waals surface area contributed by atoms with Gasteiger partial charge in [-0.3, -0.25) is 0 Å². The molecule has 0 saturated heterocycles. The highest BCUT2D eigenvalue weighted by Gasteiger charge is 2.35. The van der Waals surface area contributed by atoms with Gasteiger partial charge in [-0.25, -0.2) is 4.39 Å². The summed E-state index contributed by atoms with van der Waals surface area (Å²) >= 11 is 4.83. The van der Waals surface area contributed by atoms with Crippen LogP contribution in [0.1, 0.15) is 19.8 Å². The summed E-state index contributed by atoms with van der Waals surface area (Å²) in [4.78, 5) is 0. The van der Waals surface area contributed by atoms with E-state index < -0.39 is 18.4 Å². The first kappa shape index (κ1) is 22.3. The highest BCUT2D eigenvalue weighted by molar-refractivity contribution is 7.82. The first-order chi connectivity index (χ1) is 13.2. The Bertz CT molecular complexity index is 872. The fourth-order valence-corrected chi connectivity index (χ4v) is 6.13. The molecule has 0 amide bonds. The summed E-state index contributed by atoms with van der Waals surface area (Å²) in [7, 11) is -3.42. The minimum absolute atomic E-state index is 0.155. The van der Waals surface area contributed by atoms with Crippen molar-refractivity contribution >= 4 is 29.4 Å². The summed E-state index contributed by atoms with van der Waals surface area (Å²) < 4.78 is 54.9. The predicted octanol–water partition coefficient (Wildman–Crippen LogP) is 6.93. The van der Waals surface area contributed by atoms with Crippen LogP contribution in [0.5, 0.6) is 0 Å². The summed E-state index contributed by atoms with van der Waals surface area (Å²) in [6.07, 6.45) is 2.59. The van der Waals surface area contributed by atoms with Crippen LogP contribution in [0.3, 0.4) is 0 Å². The van der Waals surface area contributed by atoms with Crippen LogP contribution in [-0.2, 0) is 4.57 Å². The van der Waals surface area contributed by atoms with Gasteiger partial charge in [0.2, 0.25) is 0 Å². The summed E-state index contributed by atoms with van der Waals surface area (Å²) in [5, 5.41) is -2.69. The lowest BCUT2D eigenvalue weighted by atomic mass is 10.1. The molecule has 0 spiro atoms. The molecular formula is C22H21ClF3OP. The molecule has 0 aromatic heterocycles. The number of allylic oxidation sites excluding steroid dienone is 5. The largest absolute Gasteiger partial charge is 0.373 e. The summed E-state index contributed by atoms with van der Waals surface area (Å²) in [6.45, 7) is 5.39. The van der Waals surface area contributed by atoms with Gasteiger partial charge < -0.3 is 4.57 Å². The molecule has 0 atom stereocenters. The van der Waals surface area contributed by atoms with E-state index in [9.17, 15) is 17.7 Å². The summed E-state index contributed by atoms with van der Waals surface area (Å²) in [5.74, 6) is -1.78. The van der Waals surface area contributed by atoms with E-state index in [0.717, 1.165) is 0 Å². The maximum atomic E-state index is 14.5. The normalized spacial score (nSPS) is 13.8. The van der Waals surface area contributed by atoms with Crippen LogP contribution in [0.2, 0.25) is 0 Å². The van der Waals surface area contributed by atoms with Crippen LogP contribution in [0, 0.1) is 0 Å². The van der Waals surface area contributed by atoms with E-state index in [0.29, 0.717) is 22.0 Å². The van der Waals surface area contributed by atoms with Crippen molar-refractivity contribution in [3.8, 4) is 0 Å². The molecule has 0 saturated carbocycles. The van der Waals surface area contributed by atoms with Gasteiger partial charge in [0.1, 0.15) is 0 Å². The average Bonchev–Trinajstić information content (AvgIpc) is 2.70. The maximum absolute atomic E-state index is 14.5. The molecule has 0 heterocycles. The van der Waals surface area contributed by atoms with Gasteiger partial charge >= 0.3 is 5.38 Å². The van der Waals surface area contributed by atoms with Crippen molar-refractivity contribution < 1.29 is 17.7 Å². The Balaban J connectivity index is 2.86. The molecule has 0 unspecified atom stereocenters. The summed E-state index contributed by atoms with van der Waals surface area (Å²) in [5.41, 5.74) is 0.216. The van der Waals surface area contributed by atoms with Gasteiger partial charge in [0, 0.05) is 15.9 Å². The zero-order valence-corrected chi connectivity index (χ0v) is 17.1. The lowest BCUT2D eigenvalue weighted by Crippen LogP contribution is -2.18. The van der Waals surface area contributed by atoms with Gasteiger partial charge in [0.15, 0.2) is 13.0 Å². The molecule has 0 aliphatic rings. The van der Waals surface area contributed by atoms with Crippen molar-refractivity contribution in [2.45, 2.75) is 25.1 Å². The minimum Gasteiger partial charge on any atom is -0.309 e. The Labute approximate surface area is 168 Å². The highest BCUT2D eigenvalue weighted by Crippen LogP contribution is 2.55. The van der Waals surface area contributed by atoms with E-state index in [2.05, 4.69) is 6.58 Å². The fourth-order valence-electron chi connectivity index (χ4n) is 2.96.